The first-order chi connectivity index (χ1) is 14.1. The van der Waals surface area contributed by atoms with Crippen molar-refractivity contribution in [2.24, 2.45) is 0 Å². The van der Waals surface area contributed by atoms with E-state index >= 15 is 0 Å². The number of nitrogens with one attached hydrogen (secondary N) is 1. The number of benzene rings is 1. The van der Waals surface area contributed by atoms with E-state index in [1.54, 1.807) is 17.0 Å². The first-order valence-electron chi connectivity index (χ1n) is 10.9. The second-order valence-electron chi connectivity index (χ2n) is 8.43. The predicted octanol–water partition coefficient (Wildman–Crippen LogP) is 4.77. The summed E-state index contributed by atoms with van der Waals surface area (Å²) in [5.41, 5.74) is 1.99. The van der Waals surface area contributed by atoms with E-state index in [0.717, 1.165) is 62.5 Å². The molecule has 1 N–H and O–H groups in total. The van der Waals surface area contributed by atoms with E-state index in [4.69, 9.17) is 4.42 Å². The largest absolute Gasteiger partial charge is 0.459 e. The van der Waals surface area contributed by atoms with E-state index < -0.39 is 6.04 Å². The maximum atomic E-state index is 13.5. The molecule has 1 aromatic carbocycles. The summed E-state index contributed by atoms with van der Waals surface area (Å²) in [5, 5.41) is 3.23. The van der Waals surface area contributed by atoms with Gasteiger partial charge in [0.25, 0.3) is 5.91 Å². The fraction of sp³-hybridized carbons (Fsp3) is 0.500. The van der Waals surface area contributed by atoms with Crippen LogP contribution in [-0.4, -0.2) is 28.8 Å². The summed E-state index contributed by atoms with van der Waals surface area (Å²) in [5.74, 6) is 0.0179. The van der Waals surface area contributed by atoms with Crippen molar-refractivity contribution >= 4 is 11.8 Å². The number of furan rings is 1. The summed E-state index contributed by atoms with van der Waals surface area (Å²) in [6.45, 7) is 2.03. The molecular formula is C24H30N2O3. The van der Waals surface area contributed by atoms with Gasteiger partial charge in [-0.2, -0.15) is 0 Å². The maximum absolute atomic E-state index is 13.5. The van der Waals surface area contributed by atoms with E-state index in [1.807, 2.05) is 31.2 Å². The van der Waals surface area contributed by atoms with Crippen LogP contribution in [0.25, 0.3) is 0 Å². The Morgan fingerprint density at radius 1 is 1.00 bits per heavy atom. The first kappa shape index (κ1) is 19.7. The molecule has 4 rings (SSSR count). The molecule has 0 unspecified atom stereocenters. The lowest BCUT2D eigenvalue weighted by Gasteiger charge is -2.36. The molecule has 154 valence electrons. The molecule has 0 saturated heterocycles. The zero-order chi connectivity index (χ0) is 20.2. The molecule has 2 aliphatic rings. The molecule has 5 nitrogen and oxygen atoms in total. The zero-order valence-corrected chi connectivity index (χ0v) is 17.1. The molecule has 5 heteroatoms. The number of aryl methyl sites for hydroxylation is 1. The number of carbonyl (C=O) groups is 2. The average Bonchev–Trinajstić information content (AvgIpc) is 3.49. The predicted molar refractivity (Wildman–Crippen MR) is 111 cm³/mol. The number of hydrogen-bond acceptors (Lipinski definition) is 3. The van der Waals surface area contributed by atoms with Crippen molar-refractivity contribution in [1.29, 1.82) is 0 Å². The molecule has 0 radical (unpaired) electrons. The highest BCUT2D eigenvalue weighted by Crippen LogP contribution is 2.34. The summed E-state index contributed by atoms with van der Waals surface area (Å²) in [7, 11) is 0. The molecule has 0 spiro atoms. The second kappa shape index (κ2) is 8.85. The molecular weight excluding hydrogens is 364 g/mol. The van der Waals surface area contributed by atoms with Gasteiger partial charge in [-0.05, 0) is 50.3 Å². The number of hydrogen-bond donors (Lipinski definition) is 1. The minimum Gasteiger partial charge on any atom is -0.459 e. The number of carbonyl (C=O) groups excluding carboxylic acids is 2. The average molecular weight is 395 g/mol. The second-order valence-corrected chi connectivity index (χ2v) is 8.43. The van der Waals surface area contributed by atoms with Crippen molar-refractivity contribution in [3.8, 4) is 0 Å². The van der Waals surface area contributed by atoms with Crippen LogP contribution < -0.4 is 5.32 Å². The zero-order valence-electron chi connectivity index (χ0n) is 17.1. The van der Waals surface area contributed by atoms with Gasteiger partial charge in [0, 0.05) is 12.1 Å². The molecule has 0 aliphatic heterocycles. The monoisotopic (exact) mass is 394 g/mol. The topological polar surface area (TPSA) is 62.6 Å². The quantitative estimate of drug-likeness (QED) is 0.767. The Kier molecular flexibility index (Phi) is 6.02. The highest BCUT2D eigenvalue weighted by molar-refractivity contribution is 5.96. The fourth-order valence-electron chi connectivity index (χ4n) is 4.74. The van der Waals surface area contributed by atoms with Gasteiger partial charge in [0.15, 0.2) is 5.76 Å². The Labute approximate surface area is 172 Å². The van der Waals surface area contributed by atoms with Gasteiger partial charge in [-0.3, -0.25) is 9.59 Å². The molecule has 2 fully saturated rings. The molecule has 1 aromatic heterocycles. The Morgan fingerprint density at radius 3 is 2.28 bits per heavy atom. The van der Waals surface area contributed by atoms with Gasteiger partial charge < -0.3 is 14.6 Å². The third-order valence-corrected chi connectivity index (χ3v) is 6.31. The van der Waals surface area contributed by atoms with Crippen LogP contribution in [0.2, 0.25) is 0 Å². The summed E-state index contributed by atoms with van der Waals surface area (Å²) in [4.78, 5) is 28.8. The molecule has 2 aromatic rings. The minimum absolute atomic E-state index is 0.0493. The van der Waals surface area contributed by atoms with Crippen LogP contribution in [-0.2, 0) is 4.79 Å². The van der Waals surface area contributed by atoms with E-state index in [0.29, 0.717) is 5.76 Å². The van der Waals surface area contributed by atoms with E-state index in [1.165, 1.54) is 6.26 Å². The van der Waals surface area contributed by atoms with Crippen LogP contribution >= 0.6 is 0 Å². The van der Waals surface area contributed by atoms with E-state index in [2.05, 4.69) is 5.32 Å². The van der Waals surface area contributed by atoms with Crippen molar-refractivity contribution in [3.63, 3.8) is 0 Å². The molecule has 29 heavy (non-hydrogen) atoms. The van der Waals surface area contributed by atoms with Crippen LogP contribution in [0, 0.1) is 6.92 Å². The molecule has 2 saturated carbocycles. The van der Waals surface area contributed by atoms with Crippen molar-refractivity contribution in [1.82, 2.24) is 10.2 Å². The van der Waals surface area contributed by atoms with E-state index in [9.17, 15) is 9.59 Å². The van der Waals surface area contributed by atoms with Crippen molar-refractivity contribution in [3.05, 3.63) is 59.5 Å². The summed E-state index contributed by atoms with van der Waals surface area (Å²) < 4.78 is 5.43. The molecule has 2 amide bonds. The Hall–Kier alpha value is -2.56. The Morgan fingerprint density at radius 2 is 1.66 bits per heavy atom. The Balaban J connectivity index is 1.71. The van der Waals surface area contributed by atoms with Gasteiger partial charge in [0.1, 0.15) is 6.04 Å². The standard InChI is InChI=1S/C24H30N2O3/c1-17-12-14-18(15-13-17)22(23(27)25-19-7-2-3-8-19)26(20-9-4-5-10-20)24(28)21-11-6-16-29-21/h6,11-16,19-20,22H,2-5,7-10H2,1H3,(H,25,27)/t22-/m0/s1. The van der Waals surface area contributed by atoms with Gasteiger partial charge in [-0.15, -0.1) is 0 Å². The van der Waals surface area contributed by atoms with Crippen LogP contribution in [0.5, 0.6) is 0 Å². The highest BCUT2D eigenvalue weighted by Gasteiger charge is 2.39. The van der Waals surface area contributed by atoms with Gasteiger partial charge in [0.05, 0.1) is 6.26 Å². The van der Waals surface area contributed by atoms with E-state index in [-0.39, 0.29) is 23.9 Å². The lowest BCUT2D eigenvalue weighted by molar-refractivity contribution is -0.127. The lowest BCUT2D eigenvalue weighted by Crippen LogP contribution is -2.49. The van der Waals surface area contributed by atoms with Gasteiger partial charge in [0.2, 0.25) is 5.91 Å². The van der Waals surface area contributed by atoms with Gasteiger partial charge in [-0.1, -0.05) is 55.5 Å². The number of nitrogens with zero attached hydrogens (tertiary/aromatic N) is 1. The molecule has 0 bridgehead atoms. The third kappa shape index (κ3) is 4.39. The summed E-state index contributed by atoms with van der Waals surface area (Å²) in [6, 6.07) is 11.0. The van der Waals surface area contributed by atoms with Crippen LogP contribution in [0.4, 0.5) is 0 Å². The number of rotatable bonds is 6. The highest BCUT2D eigenvalue weighted by atomic mass is 16.3. The summed E-state index contributed by atoms with van der Waals surface area (Å²) >= 11 is 0. The van der Waals surface area contributed by atoms with Crippen molar-refractivity contribution in [2.75, 3.05) is 0 Å². The normalized spacial score (nSPS) is 18.7. The Bertz CT molecular complexity index is 816. The van der Waals surface area contributed by atoms with Crippen molar-refractivity contribution in [2.45, 2.75) is 76.4 Å². The van der Waals surface area contributed by atoms with Crippen LogP contribution in [0.15, 0.2) is 47.1 Å². The van der Waals surface area contributed by atoms with Crippen LogP contribution in [0.3, 0.4) is 0 Å². The summed E-state index contributed by atoms with van der Waals surface area (Å²) in [6.07, 6.45) is 9.85. The fourth-order valence-corrected chi connectivity index (χ4v) is 4.74. The third-order valence-electron chi connectivity index (χ3n) is 6.31. The van der Waals surface area contributed by atoms with Gasteiger partial charge >= 0.3 is 0 Å². The SMILES string of the molecule is Cc1ccc([C@@H](C(=O)NC2CCCC2)N(C(=O)c2ccco2)C2CCCC2)cc1. The maximum Gasteiger partial charge on any atom is 0.290 e. The minimum atomic E-state index is -0.642. The molecule has 2 aliphatic carbocycles. The molecule has 1 heterocycles. The smallest absolute Gasteiger partial charge is 0.290 e. The van der Waals surface area contributed by atoms with Crippen molar-refractivity contribution < 1.29 is 14.0 Å². The van der Waals surface area contributed by atoms with Gasteiger partial charge in [-0.25, -0.2) is 0 Å². The number of amides is 2. The van der Waals surface area contributed by atoms with Crippen LogP contribution in [0.1, 0.15) is 79.1 Å². The lowest BCUT2D eigenvalue weighted by atomic mass is 9.99. The first-order valence-corrected chi connectivity index (χ1v) is 10.9. The molecule has 1 atom stereocenters.